The number of nitrogens with one attached hydrogen (secondary N) is 2. The van der Waals surface area contributed by atoms with Crippen molar-refractivity contribution < 1.29 is 9.53 Å². The lowest BCUT2D eigenvalue weighted by Gasteiger charge is -2.14. The fourth-order valence-corrected chi connectivity index (χ4v) is 1.63. The van der Waals surface area contributed by atoms with E-state index < -0.39 is 0 Å². The molecule has 0 aliphatic rings. The minimum Gasteiger partial charge on any atom is -0.378 e. The van der Waals surface area contributed by atoms with E-state index in [1.165, 1.54) is 0 Å². The third kappa shape index (κ3) is 6.06. The van der Waals surface area contributed by atoms with Crippen LogP contribution in [0.25, 0.3) is 0 Å². The molecule has 0 fully saturated rings. The standard InChI is InChI=1S/C12H21N3O2/c1-9(2)6-10(3)17-5-4-12(16)15-11-7-13-14-8-11/h7-10H,4-6H2,1-3H3,(H,13,14)(H,15,16)/t10-/m0/s1. The number of amides is 1. The van der Waals surface area contributed by atoms with Crippen LogP contribution in [-0.4, -0.2) is 28.8 Å². The maximum atomic E-state index is 11.5. The van der Waals surface area contributed by atoms with Crippen LogP contribution in [0.2, 0.25) is 0 Å². The van der Waals surface area contributed by atoms with Crippen LogP contribution >= 0.6 is 0 Å². The van der Waals surface area contributed by atoms with Gasteiger partial charge in [-0.2, -0.15) is 5.10 Å². The first-order valence-electron chi connectivity index (χ1n) is 5.98. The molecule has 1 aromatic rings. The second kappa shape index (κ2) is 7.06. The van der Waals surface area contributed by atoms with Gasteiger partial charge in [0.25, 0.3) is 0 Å². The second-order valence-electron chi connectivity index (χ2n) is 4.60. The SMILES string of the molecule is CC(C)C[C@H](C)OCCC(=O)Nc1cn[nH]c1. The van der Waals surface area contributed by atoms with Crippen LogP contribution in [-0.2, 0) is 9.53 Å². The van der Waals surface area contributed by atoms with Crippen LogP contribution in [0.1, 0.15) is 33.6 Å². The molecule has 0 unspecified atom stereocenters. The first-order valence-corrected chi connectivity index (χ1v) is 5.98. The van der Waals surface area contributed by atoms with Gasteiger partial charge >= 0.3 is 0 Å². The van der Waals surface area contributed by atoms with Gasteiger partial charge in [0.2, 0.25) is 5.91 Å². The summed E-state index contributed by atoms with van der Waals surface area (Å²) in [6.07, 6.45) is 4.80. The minimum absolute atomic E-state index is 0.0526. The summed E-state index contributed by atoms with van der Waals surface area (Å²) in [5.41, 5.74) is 0.685. The number of H-pyrrole nitrogens is 1. The Morgan fingerprint density at radius 2 is 2.29 bits per heavy atom. The van der Waals surface area contributed by atoms with Crippen LogP contribution < -0.4 is 5.32 Å². The normalized spacial score (nSPS) is 12.7. The minimum atomic E-state index is -0.0526. The van der Waals surface area contributed by atoms with Gasteiger partial charge in [0.15, 0.2) is 0 Å². The predicted molar refractivity (Wildman–Crippen MR) is 66.7 cm³/mol. The first-order chi connectivity index (χ1) is 8.08. The molecule has 0 bridgehead atoms. The summed E-state index contributed by atoms with van der Waals surface area (Å²) >= 11 is 0. The van der Waals surface area contributed by atoms with Crippen molar-refractivity contribution in [3.05, 3.63) is 12.4 Å². The Bertz CT molecular complexity index is 323. The lowest BCUT2D eigenvalue weighted by Crippen LogP contribution is -2.17. The highest BCUT2D eigenvalue weighted by molar-refractivity contribution is 5.90. The molecule has 2 N–H and O–H groups in total. The molecule has 1 rings (SSSR count). The molecule has 0 radical (unpaired) electrons. The summed E-state index contributed by atoms with van der Waals surface area (Å²) in [4.78, 5) is 11.5. The predicted octanol–water partition coefficient (Wildman–Crippen LogP) is 2.19. The topological polar surface area (TPSA) is 67.0 Å². The van der Waals surface area contributed by atoms with Crippen LogP contribution in [0.4, 0.5) is 5.69 Å². The van der Waals surface area contributed by atoms with Crippen molar-refractivity contribution in [1.29, 1.82) is 0 Å². The van der Waals surface area contributed by atoms with Crippen molar-refractivity contribution in [2.75, 3.05) is 11.9 Å². The third-order valence-corrected chi connectivity index (χ3v) is 2.32. The molecular formula is C12H21N3O2. The number of nitrogens with zero attached hydrogens (tertiary/aromatic N) is 1. The zero-order chi connectivity index (χ0) is 12.7. The zero-order valence-electron chi connectivity index (χ0n) is 10.7. The summed E-state index contributed by atoms with van der Waals surface area (Å²) < 4.78 is 5.56. The molecule has 5 heteroatoms. The number of carbonyl (C=O) groups is 1. The largest absolute Gasteiger partial charge is 0.378 e. The maximum absolute atomic E-state index is 11.5. The van der Waals surface area contributed by atoms with Gasteiger partial charge in [0, 0.05) is 6.20 Å². The lowest BCUT2D eigenvalue weighted by molar-refractivity contribution is -0.117. The van der Waals surface area contributed by atoms with E-state index in [2.05, 4.69) is 29.4 Å². The van der Waals surface area contributed by atoms with Gasteiger partial charge in [-0.05, 0) is 19.3 Å². The van der Waals surface area contributed by atoms with Crippen molar-refractivity contribution in [2.45, 2.75) is 39.7 Å². The number of carbonyl (C=O) groups excluding carboxylic acids is 1. The number of aromatic amines is 1. The highest BCUT2D eigenvalue weighted by atomic mass is 16.5. The molecule has 17 heavy (non-hydrogen) atoms. The monoisotopic (exact) mass is 239 g/mol. The van der Waals surface area contributed by atoms with E-state index in [0.717, 1.165) is 6.42 Å². The molecule has 0 aromatic carbocycles. The average molecular weight is 239 g/mol. The molecule has 0 spiro atoms. The Morgan fingerprint density at radius 1 is 1.53 bits per heavy atom. The van der Waals surface area contributed by atoms with Gasteiger partial charge in [-0.25, -0.2) is 0 Å². The Labute approximate surface area is 102 Å². The Kier molecular flexibility index (Phi) is 5.69. The quantitative estimate of drug-likeness (QED) is 0.766. The third-order valence-electron chi connectivity index (χ3n) is 2.32. The van der Waals surface area contributed by atoms with Crippen molar-refractivity contribution in [3.8, 4) is 0 Å². The molecular weight excluding hydrogens is 218 g/mol. The molecule has 0 saturated carbocycles. The van der Waals surface area contributed by atoms with E-state index in [4.69, 9.17) is 4.74 Å². The number of hydrogen-bond donors (Lipinski definition) is 2. The molecule has 1 aromatic heterocycles. The fraction of sp³-hybridized carbons (Fsp3) is 0.667. The first kappa shape index (κ1) is 13.7. The van der Waals surface area contributed by atoms with Crippen LogP contribution in [0.5, 0.6) is 0 Å². The van der Waals surface area contributed by atoms with Crippen molar-refractivity contribution in [2.24, 2.45) is 5.92 Å². The van der Waals surface area contributed by atoms with Crippen molar-refractivity contribution in [1.82, 2.24) is 10.2 Å². The molecule has 0 aliphatic carbocycles. The lowest BCUT2D eigenvalue weighted by atomic mass is 10.1. The van der Waals surface area contributed by atoms with E-state index in [1.807, 2.05) is 6.92 Å². The van der Waals surface area contributed by atoms with Crippen molar-refractivity contribution in [3.63, 3.8) is 0 Å². The van der Waals surface area contributed by atoms with Crippen molar-refractivity contribution >= 4 is 11.6 Å². The smallest absolute Gasteiger partial charge is 0.226 e. The Hall–Kier alpha value is -1.36. The number of aromatic nitrogens is 2. The number of ether oxygens (including phenoxy) is 1. The van der Waals surface area contributed by atoms with Crippen LogP contribution in [0.15, 0.2) is 12.4 Å². The summed E-state index contributed by atoms with van der Waals surface area (Å²) in [5.74, 6) is 0.563. The molecule has 1 heterocycles. The molecule has 96 valence electrons. The summed E-state index contributed by atoms with van der Waals surface area (Å²) in [6.45, 7) is 6.81. The zero-order valence-corrected chi connectivity index (χ0v) is 10.7. The van der Waals surface area contributed by atoms with Gasteiger partial charge in [-0.1, -0.05) is 13.8 Å². The Morgan fingerprint density at radius 3 is 2.88 bits per heavy atom. The van der Waals surface area contributed by atoms with Gasteiger partial charge in [0.05, 0.1) is 31.0 Å². The molecule has 5 nitrogen and oxygen atoms in total. The van der Waals surface area contributed by atoms with Gasteiger partial charge in [-0.15, -0.1) is 0 Å². The molecule has 0 saturated heterocycles. The van der Waals surface area contributed by atoms with Gasteiger partial charge < -0.3 is 10.1 Å². The van der Waals surface area contributed by atoms with Crippen LogP contribution in [0, 0.1) is 5.92 Å². The average Bonchev–Trinajstić information content (AvgIpc) is 2.69. The van der Waals surface area contributed by atoms with E-state index in [9.17, 15) is 4.79 Å². The summed E-state index contributed by atoms with van der Waals surface area (Å²) in [6, 6.07) is 0. The molecule has 1 atom stereocenters. The maximum Gasteiger partial charge on any atom is 0.226 e. The van der Waals surface area contributed by atoms with E-state index in [0.29, 0.717) is 24.6 Å². The second-order valence-corrected chi connectivity index (χ2v) is 4.60. The van der Waals surface area contributed by atoms with E-state index in [1.54, 1.807) is 12.4 Å². The van der Waals surface area contributed by atoms with Crippen LogP contribution in [0.3, 0.4) is 0 Å². The molecule has 1 amide bonds. The fourth-order valence-electron chi connectivity index (χ4n) is 1.63. The van der Waals surface area contributed by atoms with Gasteiger partial charge in [-0.3, -0.25) is 9.89 Å². The molecule has 0 aliphatic heterocycles. The summed E-state index contributed by atoms with van der Waals surface area (Å²) in [5, 5.41) is 9.10. The highest BCUT2D eigenvalue weighted by Gasteiger charge is 2.07. The highest BCUT2D eigenvalue weighted by Crippen LogP contribution is 2.08. The van der Waals surface area contributed by atoms with E-state index >= 15 is 0 Å². The number of hydrogen-bond acceptors (Lipinski definition) is 3. The Balaban J connectivity index is 2.12. The number of anilines is 1. The van der Waals surface area contributed by atoms with E-state index in [-0.39, 0.29) is 12.0 Å². The van der Waals surface area contributed by atoms with Gasteiger partial charge in [0.1, 0.15) is 0 Å². The number of rotatable bonds is 7. The summed E-state index contributed by atoms with van der Waals surface area (Å²) in [7, 11) is 0.